The predicted octanol–water partition coefficient (Wildman–Crippen LogP) is 0.786. The summed E-state index contributed by atoms with van der Waals surface area (Å²) in [7, 11) is 6.06. The van der Waals surface area contributed by atoms with E-state index in [4.69, 9.17) is 0 Å². The Labute approximate surface area is 105 Å². The zero-order valence-corrected chi connectivity index (χ0v) is 11.5. The zero-order chi connectivity index (χ0) is 12.7. The van der Waals surface area contributed by atoms with Gasteiger partial charge in [0.25, 0.3) is 0 Å². The molecule has 0 radical (unpaired) electrons. The van der Waals surface area contributed by atoms with Crippen LogP contribution in [0.3, 0.4) is 0 Å². The van der Waals surface area contributed by atoms with Crippen LogP contribution >= 0.6 is 0 Å². The number of carbonyl (C=O) groups is 1. The molecule has 1 fully saturated rings. The van der Waals surface area contributed by atoms with E-state index in [0.29, 0.717) is 11.8 Å². The quantitative estimate of drug-likeness (QED) is 0.747. The third-order valence-corrected chi connectivity index (χ3v) is 3.45. The van der Waals surface area contributed by atoms with Gasteiger partial charge in [0.2, 0.25) is 5.91 Å². The summed E-state index contributed by atoms with van der Waals surface area (Å²) in [5, 5.41) is 3.33. The van der Waals surface area contributed by atoms with E-state index in [1.165, 1.54) is 0 Å². The third kappa shape index (κ3) is 6.03. The largest absolute Gasteiger partial charge is 0.346 e. The molecule has 4 nitrogen and oxygen atoms in total. The van der Waals surface area contributed by atoms with Gasteiger partial charge in [0.15, 0.2) is 0 Å². The van der Waals surface area contributed by atoms with Crippen LogP contribution in [0.2, 0.25) is 0 Å². The van der Waals surface area contributed by atoms with Gasteiger partial charge >= 0.3 is 0 Å². The fourth-order valence-corrected chi connectivity index (χ4v) is 2.24. The van der Waals surface area contributed by atoms with Gasteiger partial charge in [-0.2, -0.15) is 0 Å². The Morgan fingerprint density at radius 2 is 1.82 bits per heavy atom. The molecule has 0 aromatic heterocycles. The lowest BCUT2D eigenvalue weighted by atomic mass is 9.94. The lowest BCUT2D eigenvalue weighted by Gasteiger charge is -2.25. The number of piperidine rings is 1. The number of amides is 1. The van der Waals surface area contributed by atoms with Gasteiger partial charge in [0.1, 0.15) is 0 Å². The van der Waals surface area contributed by atoms with Gasteiger partial charge in [-0.15, -0.1) is 0 Å². The highest BCUT2D eigenvalue weighted by atomic mass is 16.2. The molecule has 0 unspecified atom stereocenters. The van der Waals surface area contributed by atoms with E-state index in [9.17, 15) is 4.79 Å². The maximum atomic E-state index is 12.0. The van der Waals surface area contributed by atoms with E-state index in [1.54, 1.807) is 0 Å². The van der Waals surface area contributed by atoms with E-state index in [-0.39, 0.29) is 0 Å². The SMILES string of the molecule is CN(C)CCCN(C)C(=O)CC1CCNCC1. The van der Waals surface area contributed by atoms with E-state index in [2.05, 4.69) is 24.3 Å². The average Bonchev–Trinajstić information content (AvgIpc) is 2.29. The summed E-state index contributed by atoms with van der Waals surface area (Å²) in [6.07, 6.45) is 4.09. The molecule has 0 aromatic rings. The molecular weight excluding hydrogens is 214 g/mol. The van der Waals surface area contributed by atoms with Crippen molar-refractivity contribution >= 4 is 5.91 Å². The first-order valence-corrected chi connectivity index (χ1v) is 6.69. The Kier molecular flexibility index (Phi) is 6.52. The van der Waals surface area contributed by atoms with Crippen LogP contribution in [-0.4, -0.2) is 63.0 Å². The van der Waals surface area contributed by atoms with Gasteiger partial charge in [-0.1, -0.05) is 0 Å². The van der Waals surface area contributed by atoms with Crippen LogP contribution in [0.5, 0.6) is 0 Å². The molecule has 17 heavy (non-hydrogen) atoms. The van der Waals surface area contributed by atoms with Crippen molar-refractivity contribution in [3.8, 4) is 0 Å². The van der Waals surface area contributed by atoms with Crippen LogP contribution in [0.4, 0.5) is 0 Å². The molecule has 1 aliphatic rings. The van der Waals surface area contributed by atoms with Crippen molar-refractivity contribution in [2.24, 2.45) is 5.92 Å². The fourth-order valence-electron chi connectivity index (χ4n) is 2.24. The lowest BCUT2D eigenvalue weighted by molar-refractivity contribution is -0.131. The molecule has 0 bridgehead atoms. The van der Waals surface area contributed by atoms with Crippen LogP contribution < -0.4 is 5.32 Å². The van der Waals surface area contributed by atoms with Crippen LogP contribution in [0.25, 0.3) is 0 Å². The molecule has 1 amide bonds. The minimum atomic E-state index is 0.315. The Hall–Kier alpha value is -0.610. The molecule has 1 rings (SSSR count). The topological polar surface area (TPSA) is 35.6 Å². The molecule has 1 aliphatic heterocycles. The monoisotopic (exact) mass is 241 g/mol. The van der Waals surface area contributed by atoms with Crippen LogP contribution in [-0.2, 0) is 4.79 Å². The second kappa shape index (κ2) is 7.67. The first kappa shape index (κ1) is 14.5. The van der Waals surface area contributed by atoms with Crippen molar-refractivity contribution in [2.75, 3.05) is 47.3 Å². The highest BCUT2D eigenvalue weighted by Crippen LogP contribution is 2.16. The predicted molar refractivity (Wildman–Crippen MR) is 71.0 cm³/mol. The number of nitrogens with one attached hydrogen (secondary N) is 1. The van der Waals surface area contributed by atoms with E-state index in [1.807, 2.05) is 11.9 Å². The summed E-state index contributed by atoms with van der Waals surface area (Å²) in [5.41, 5.74) is 0. The smallest absolute Gasteiger partial charge is 0.222 e. The average molecular weight is 241 g/mol. The summed E-state index contributed by atoms with van der Waals surface area (Å²) >= 11 is 0. The molecule has 100 valence electrons. The molecule has 1 saturated heterocycles. The zero-order valence-electron chi connectivity index (χ0n) is 11.5. The van der Waals surface area contributed by atoms with Crippen LogP contribution in [0, 0.1) is 5.92 Å². The van der Waals surface area contributed by atoms with Gasteiger partial charge in [0.05, 0.1) is 0 Å². The number of hydrogen-bond acceptors (Lipinski definition) is 3. The van der Waals surface area contributed by atoms with Crippen molar-refractivity contribution in [3.05, 3.63) is 0 Å². The van der Waals surface area contributed by atoms with Gasteiger partial charge in [-0.3, -0.25) is 4.79 Å². The van der Waals surface area contributed by atoms with Gasteiger partial charge < -0.3 is 15.1 Å². The van der Waals surface area contributed by atoms with Gasteiger partial charge in [0, 0.05) is 20.0 Å². The maximum absolute atomic E-state index is 12.0. The number of carbonyl (C=O) groups excluding carboxylic acids is 1. The standard InChI is InChI=1S/C13H27N3O/c1-15(2)9-4-10-16(3)13(17)11-12-5-7-14-8-6-12/h12,14H,4-11H2,1-3H3. The Morgan fingerprint density at radius 1 is 1.18 bits per heavy atom. The summed E-state index contributed by atoms with van der Waals surface area (Å²) in [5.74, 6) is 0.913. The van der Waals surface area contributed by atoms with Crippen molar-refractivity contribution in [1.29, 1.82) is 0 Å². The second-order valence-corrected chi connectivity index (χ2v) is 5.37. The highest BCUT2D eigenvalue weighted by molar-refractivity contribution is 5.76. The molecule has 0 saturated carbocycles. The van der Waals surface area contributed by atoms with E-state index >= 15 is 0 Å². The molecule has 1 heterocycles. The summed E-state index contributed by atoms with van der Waals surface area (Å²) in [6, 6.07) is 0. The van der Waals surface area contributed by atoms with Crippen LogP contribution in [0.15, 0.2) is 0 Å². The van der Waals surface area contributed by atoms with E-state index in [0.717, 1.165) is 51.9 Å². The first-order valence-electron chi connectivity index (χ1n) is 6.69. The Balaban J connectivity index is 2.16. The molecule has 0 aromatic carbocycles. The van der Waals surface area contributed by atoms with Crippen molar-refractivity contribution in [1.82, 2.24) is 15.1 Å². The molecule has 1 N–H and O–H groups in total. The van der Waals surface area contributed by atoms with Crippen LogP contribution in [0.1, 0.15) is 25.7 Å². The number of nitrogens with zero attached hydrogens (tertiary/aromatic N) is 2. The second-order valence-electron chi connectivity index (χ2n) is 5.37. The third-order valence-electron chi connectivity index (χ3n) is 3.45. The fraction of sp³-hybridized carbons (Fsp3) is 0.923. The van der Waals surface area contributed by atoms with Crippen molar-refractivity contribution < 1.29 is 4.79 Å². The van der Waals surface area contributed by atoms with Gasteiger partial charge in [-0.25, -0.2) is 0 Å². The Bertz CT molecular complexity index is 225. The summed E-state index contributed by atoms with van der Waals surface area (Å²) < 4.78 is 0. The molecular formula is C13H27N3O. The highest BCUT2D eigenvalue weighted by Gasteiger charge is 2.18. The number of hydrogen-bond donors (Lipinski definition) is 1. The molecule has 0 atom stereocenters. The molecule has 0 spiro atoms. The normalized spacial score (nSPS) is 17.4. The summed E-state index contributed by atoms with van der Waals surface area (Å²) in [6.45, 7) is 4.07. The van der Waals surface area contributed by atoms with Crippen molar-refractivity contribution in [3.63, 3.8) is 0 Å². The maximum Gasteiger partial charge on any atom is 0.222 e. The van der Waals surface area contributed by atoms with Crippen molar-refractivity contribution in [2.45, 2.75) is 25.7 Å². The van der Waals surface area contributed by atoms with Gasteiger partial charge in [-0.05, 0) is 58.9 Å². The lowest BCUT2D eigenvalue weighted by Crippen LogP contribution is -2.34. The van der Waals surface area contributed by atoms with E-state index < -0.39 is 0 Å². The summed E-state index contributed by atoms with van der Waals surface area (Å²) in [4.78, 5) is 16.0. The number of rotatable bonds is 6. The minimum Gasteiger partial charge on any atom is -0.346 e. The minimum absolute atomic E-state index is 0.315. The first-order chi connectivity index (χ1) is 8.09. The molecule has 4 heteroatoms. The Morgan fingerprint density at radius 3 is 2.41 bits per heavy atom. The molecule has 0 aliphatic carbocycles.